The summed E-state index contributed by atoms with van der Waals surface area (Å²) in [4.78, 5) is 6.71. The van der Waals surface area contributed by atoms with Gasteiger partial charge in [0.05, 0.1) is 0 Å². The highest BCUT2D eigenvalue weighted by Crippen LogP contribution is 2.22. The number of nitrogens with one attached hydrogen (secondary N) is 2. The molecule has 0 radical (unpaired) electrons. The molecule has 0 bridgehead atoms. The van der Waals surface area contributed by atoms with E-state index in [-0.39, 0.29) is 5.82 Å². The number of benzene rings is 1. The van der Waals surface area contributed by atoms with E-state index in [9.17, 15) is 4.39 Å². The van der Waals surface area contributed by atoms with Gasteiger partial charge >= 0.3 is 0 Å². The van der Waals surface area contributed by atoms with Gasteiger partial charge in [-0.05, 0) is 43.7 Å². The average Bonchev–Trinajstić information content (AvgIpc) is 2.74. The number of halogens is 1. The molecule has 0 aliphatic carbocycles. The number of rotatable bonds is 2. The molecule has 0 atom stereocenters. The van der Waals surface area contributed by atoms with Gasteiger partial charge in [0.15, 0.2) is 5.82 Å². The van der Waals surface area contributed by atoms with Crippen molar-refractivity contribution in [1.82, 2.24) is 20.5 Å². The van der Waals surface area contributed by atoms with Crippen LogP contribution in [0.25, 0.3) is 11.4 Å². The van der Waals surface area contributed by atoms with Gasteiger partial charge in [0.2, 0.25) is 5.95 Å². The third kappa shape index (κ3) is 2.65. The van der Waals surface area contributed by atoms with Gasteiger partial charge < -0.3 is 10.2 Å². The second-order valence-corrected chi connectivity index (χ2v) is 5.03. The lowest BCUT2D eigenvalue weighted by Gasteiger charge is -2.16. The van der Waals surface area contributed by atoms with Gasteiger partial charge in [0.25, 0.3) is 0 Å². The maximum Gasteiger partial charge on any atom is 0.245 e. The van der Waals surface area contributed by atoms with Crippen molar-refractivity contribution in [2.75, 3.05) is 31.1 Å². The SMILES string of the molecule is Cc1cc(F)ccc1-c1nc(N2CCCNCC2)n[nH]1. The molecule has 2 aromatic rings. The molecule has 1 aromatic carbocycles. The Bertz CT molecular complexity index is 587. The van der Waals surface area contributed by atoms with Crippen molar-refractivity contribution in [2.45, 2.75) is 13.3 Å². The zero-order chi connectivity index (χ0) is 13.9. The average molecular weight is 275 g/mol. The Labute approximate surface area is 117 Å². The van der Waals surface area contributed by atoms with Crippen molar-refractivity contribution in [1.29, 1.82) is 0 Å². The zero-order valence-electron chi connectivity index (χ0n) is 11.5. The van der Waals surface area contributed by atoms with E-state index in [0.29, 0.717) is 11.8 Å². The summed E-state index contributed by atoms with van der Waals surface area (Å²) in [6.07, 6.45) is 1.08. The Balaban J connectivity index is 1.85. The fourth-order valence-electron chi connectivity index (χ4n) is 2.45. The molecule has 0 spiro atoms. The largest absolute Gasteiger partial charge is 0.338 e. The van der Waals surface area contributed by atoms with Crippen LogP contribution in [0.5, 0.6) is 0 Å². The molecule has 3 rings (SSSR count). The molecule has 1 aromatic heterocycles. The highest BCUT2D eigenvalue weighted by atomic mass is 19.1. The molecular formula is C14H18FN5. The van der Waals surface area contributed by atoms with Crippen LogP contribution in [0, 0.1) is 12.7 Å². The minimum Gasteiger partial charge on any atom is -0.338 e. The number of aromatic amines is 1. The highest BCUT2D eigenvalue weighted by Gasteiger charge is 2.15. The molecule has 0 unspecified atom stereocenters. The maximum absolute atomic E-state index is 13.1. The highest BCUT2D eigenvalue weighted by molar-refractivity contribution is 5.60. The number of hydrogen-bond donors (Lipinski definition) is 2. The predicted octanol–water partition coefficient (Wildman–Crippen LogP) is 1.72. The summed E-state index contributed by atoms with van der Waals surface area (Å²) in [5.74, 6) is 1.17. The zero-order valence-corrected chi connectivity index (χ0v) is 11.5. The van der Waals surface area contributed by atoms with Crippen LogP contribution in [-0.2, 0) is 0 Å². The van der Waals surface area contributed by atoms with Crippen molar-refractivity contribution in [3.8, 4) is 11.4 Å². The lowest BCUT2D eigenvalue weighted by Crippen LogP contribution is -2.28. The molecule has 6 heteroatoms. The van der Waals surface area contributed by atoms with Crippen molar-refractivity contribution in [3.63, 3.8) is 0 Å². The molecule has 1 saturated heterocycles. The van der Waals surface area contributed by atoms with E-state index in [1.807, 2.05) is 6.92 Å². The number of aromatic nitrogens is 3. The number of nitrogens with zero attached hydrogens (tertiary/aromatic N) is 3. The lowest BCUT2D eigenvalue weighted by molar-refractivity contribution is 0.627. The molecule has 1 aliphatic rings. The van der Waals surface area contributed by atoms with E-state index >= 15 is 0 Å². The van der Waals surface area contributed by atoms with Gasteiger partial charge in [-0.15, -0.1) is 5.10 Å². The van der Waals surface area contributed by atoms with E-state index < -0.39 is 0 Å². The molecule has 0 saturated carbocycles. The van der Waals surface area contributed by atoms with Crippen LogP contribution in [0.4, 0.5) is 10.3 Å². The summed E-state index contributed by atoms with van der Waals surface area (Å²) < 4.78 is 13.1. The first kappa shape index (κ1) is 13.1. The number of hydrogen-bond acceptors (Lipinski definition) is 4. The Kier molecular flexibility index (Phi) is 3.64. The lowest BCUT2D eigenvalue weighted by atomic mass is 10.1. The Morgan fingerprint density at radius 1 is 1.25 bits per heavy atom. The fraction of sp³-hybridized carbons (Fsp3) is 0.429. The summed E-state index contributed by atoms with van der Waals surface area (Å²) in [6.45, 7) is 5.70. The van der Waals surface area contributed by atoms with Gasteiger partial charge in [-0.25, -0.2) is 4.39 Å². The topological polar surface area (TPSA) is 56.8 Å². The molecule has 1 aliphatic heterocycles. The third-order valence-corrected chi connectivity index (χ3v) is 3.54. The number of aryl methyl sites for hydroxylation is 1. The smallest absolute Gasteiger partial charge is 0.245 e. The normalized spacial score (nSPS) is 16.2. The first-order valence-electron chi connectivity index (χ1n) is 6.88. The summed E-state index contributed by atoms with van der Waals surface area (Å²) in [5, 5.41) is 10.6. The van der Waals surface area contributed by atoms with Crippen LogP contribution in [-0.4, -0.2) is 41.4 Å². The van der Waals surface area contributed by atoms with Crippen molar-refractivity contribution >= 4 is 5.95 Å². The molecule has 1 fully saturated rings. The van der Waals surface area contributed by atoms with Crippen LogP contribution in [0.2, 0.25) is 0 Å². The van der Waals surface area contributed by atoms with Crippen LogP contribution in [0.3, 0.4) is 0 Å². The molecule has 2 N–H and O–H groups in total. The standard InChI is InChI=1S/C14H18FN5/c1-10-9-11(15)3-4-12(10)13-17-14(19-18-13)20-7-2-5-16-6-8-20/h3-4,9,16H,2,5-8H2,1H3,(H,17,18,19). The van der Waals surface area contributed by atoms with Gasteiger partial charge in [0, 0.05) is 25.2 Å². The van der Waals surface area contributed by atoms with E-state index in [1.54, 1.807) is 6.07 Å². The van der Waals surface area contributed by atoms with Gasteiger partial charge in [-0.1, -0.05) is 0 Å². The van der Waals surface area contributed by atoms with Crippen LogP contribution < -0.4 is 10.2 Å². The molecule has 106 valence electrons. The molecule has 2 heterocycles. The third-order valence-electron chi connectivity index (χ3n) is 3.54. The molecule has 20 heavy (non-hydrogen) atoms. The van der Waals surface area contributed by atoms with E-state index in [2.05, 4.69) is 25.4 Å². The summed E-state index contributed by atoms with van der Waals surface area (Å²) in [5.41, 5.74) is 1.74. The minimum atomic E-state index is -0.232. The Hall–Kier alpha value is -1.95. The predicted molar refractivity (Wildman–Crippen MR) is 76.2 cm³/mol. The quantitative estimate of drug-likeness (QED) is 0.876. The fourth-order valence-corrected chi connectivity index (χ4v) is 2.45. The molecular weight excluding hydrogens is 257 g/mol. The first-order valence-corrected chi connectivity index (χ1v) is 6.88. The summed E-state index contributed by atoms with van der Waals surface area (Å²) >= 11 is 0. The van der Waals surface area contributed by atoms with E-state index in [4.69, 9.17) is 0 Å². The van der Waals surface area contributed by atoms with Gasteiger partial charge in [-0.2, -0.15) is 4.98 Å². The minimum absolute atomic E-state index is 0.232. The monoisotopic (exact) mass is 275 g/mol. The number of anilines is 1. The van der Waals surface area contributed by atoms with Crippen molar-refractivity contribution < 1.29 is 4.39 Å². The van der Waals surface area contributed by atoms with E-state index in [1.165, 1.54) is 12.1 Å². The second-order valence-electron chi connectivity index (χ2n) is 5.03. The van der Waals surface area contributed by atoms with Crippen LogP contribution >= 0.6 is 0 Å². The van der Waals surface area contributed by atoms with Crippen LogP contribution in [0.1, 0.15) is 12.0 Å². The first-order chi connectivity index (χ1) is 9.74. The van der Waals surface area contributed by atoms with Crippen LogP contribution in [0.15, 0.2) is 18.2 Å². The molecule has 0 amide bonds. The summed E-state index contributed by atoms with van der Waals surface area (Å²) in [7, 11) is 0. The maximum atomic E-state index is 13.1. The summed E-state index contributed by atoms with van der Waals surface area (Å²) in [6, 6.07) is 4.69. The second kappa shape index (κ2) is 5.58. The Morgan fingerprint density at radius 3 is 3.00 bits per heavy atom. The Morgan fingerprint density at radius 2 is 2.15 bits per heavy atom. The van der Waals surface area contributed by atoms with E-state index in [0.717, 1.165) is 43.7 Å². The van der Waals surface area contributed by atoms with Crippen molar-refractivity contribution in [3.05, 3.63) is 29.6 Å². The van der Waals surface area contributed by atoms with Gasteiger partial charge in [0.1, 0.15) is 5.82 Å². The molecule has 5 nitrogen and oxygen atoms in total. The van der Waals surface area contributed by atoms with Gasteiger partial charge in [-0.3, -0.25) is 5.10 Å². The number of H-pyrrole nitrogens is 1. The van der Waals surface area contributed by atoms with Crippen molar-refractivity contribution in [2.24, 2.45) is 0 Å².